The van der Waals surface area contributed by atoms with E-state index in [-0.39, 0.29) is 5.84 Å². The van der Waals surface area contributed by atoms with Crippen molar-refractivity contribution in [3.05, 3.63) is 84.6 Å². The van der Waals surface area contributed by atoms with Crippen LogP contribution in [0.5, 0.6) is 0 Å². The summed E-state index contributed by atoms with van der Waals surface area (Å²) in [6.45, 7) is 0. The summed E-state index contributed by atoms with van der Waals surface area (Å²) in [6, 6.07) is 21.0. The molecule has 4 nitrogen and oxygen atoms in total. The summed E-state index contributed by atoms with van der Waals surface area (Å²) < 4.78 is 28.1. The fourth-order valence-corrected chi connectivity index (χ4v) is 2.61. The minimum atomic E-state index is -2.76. The molecule has 0 N–H and O–H groups in total. The molecule has 7 heteroatoms. The summed E-state index contributed by atoms with van der Waals surface area (Å²) in [5.41, 5.74) is 1.91. The van der Waals surface area contributed by atoms with E-state index >= 15 is 0 Å². The van der Waals surface area contributed by atoms with E-state index in [1.807, 2.05) is 31.1 Å². The Bertz CT molecular complexity index is 885. The molecule has 1 heterocycles. The molecular weight excluding hydrogens is 345 g/mol. The van der Waals surface area contributed by atoms with E-state index in [4.69, 9.17) is 0 Å². The smallest absolute Gasteiger partial charge is 0.378 e. The normalized spacial score (nSPS) is 11.2. The average Bonchev–Trinajstić information content (AvgIpc) is 2.69. The number of aliphatic imine (C=N–C) groups is 1. The van der Waals surface area contributed by atoms with Crippen LogP contribution in [0.1, 0.15) is 5.56 Å². The molecule has 0 fully saturated rings. The van der Waals surface area contributed by atoms with Crippen LogP contribution in [0.3, 0.4) is 0 Å². The molecule has 0 bridgehead atoms. The largest absolute Gasteiger partial charge is 0.679 e. The number of benzene rings is 2. The number of para-hydroxylation sites is 1. The van der Waals surface area contributed by atoms with E-state index in [0.717, 1.165) is 10.5 Å². The van der Waals surface area contributed by atoms with Crippen LogP contribution < -0.4 is 9.71 Å². The number of aromatic nitrogens is 1. The number of rotatable bonds is 5. The van der Waals surface area contributed by atoms with E-state index in [2.05, 4.69) is 9.98 Å². The molecule has 0 aliphatic carbocycles. The lowest BCUT2D eigenvalue weighted by Gasteiger charge is -2.24. The van der Waals surface area contributed by atoms with Gasteiger partial charge in [-0.05, 0) is 48.5 Å². The van der Waals surface area contributed by atoms with Gasteiger partial charge in [-0.25, -0.2) is 9.98 Å². The minimum Gasteiger partial charge on any atom is -0.378 e. The highest BCUT2D eigenvalue weighted by atomic mass is 19.2. The third kappa shape index (κ3) is 4.50. The van der Waals surface area contributed by atoms with Crippen LogP contribution in [0.15, 0.2) is 84.0 Å². The molecule has 0 saturated heterocycles. The van der Waals surface area contributed by atoms with Gasteiger partial charge in [0, 0.05) is 37.2 Å². The van der Waals surface area contributed by atoms with Crippen LogP contribution in [-0.4, -0.2) is 32.3 Å². The van der Waals surface area contributed by atoms with Crippen LogP contribution in [0.2, 0.25) is 0 Å². The SMILES string of the molecule is CN(C)c1ccc(/C(=N\c2ccccn2)N(B(F)F)c2ccccc2)cc1. The minimum absolute atomic E-state index is 0.139. The molecule has 0 unspecified atom stereocenters. The molecule has 0 aliphatic rings. The van der Waals surface area contributed by atoms with Gasteiger partial charge in [-0.1, -0.05) is 24.3 Å². The molecule has 0 spiro atoms. The first-order valence-electron chi connectivity index (χ1n) is 8.46. The number of nitrogens with zero attached hydrogens (tertiary/aromatic N) is 4. The second-order valence-corrected chi connectivity index (χ2v) is 6.05. The Labute approximate surface area is 158 Å². The predicted octanol–water partition coefficient (Wildman–Crippen LogP) is 4.66. The summed E-state index contributed by atoms with van der Waals surface area (Å²) in [6.07, 6.45) is 1.58. The maximum absolute atomic E-state index is 14.0. The molecule has 0 saturated carbocycles. The van der Waals surface area contributed by atoms with Crippen molar-refractivity contribution in [3.8, 4) is 0 Å². The number of pyridine rings is 1. The standard InChI is InChI=1S/C20H19BF2N4/c1-26(2)17-13-11-16(12-14-17)20(25-19-10-6-7-15-24-19)27(21(22)23)18-8-4-3-5-9-18/h3-15H,1-2H3/b25-20+. The van der Waals surface area contributed by atoms with Crippen molar-refractivity contribution in [2.45, 2.75) is 0 Å². The lowest BCUT2D eigenvalue weighted by Crippen LogP contribution is -2.39. The van der Waals surface area contributed by atoms with Gasteiger partial charge in [-0.2, -0.15) is 0 Å². The summed E-state index contributed by atoms with van der Waals surface area (Å²) in [7, 11) is 1.09. The van der Waals surface area contributed by atoms with Gasteiger partial charge >= 0.3 is 7.40 Å². The van der Waals surface area contributed by atoms with Gasteiger partial charge in [-0.15, -0.1) is 0 Å². The molecule has 136 valence electrons. The van der Waals surface area contributed by atoms with Gasteiger partial charge in [0.05, 0.1) is 0 Å². The zero-order valence-electron chi connectivity index (χ0n) is 15.1. The molecular formula is C20H19BF2N4. The third-order valence-electron chi connectivity index (χ3n) is 3.97. The topological polar surface area (TPSA) is 31.7 Å². The van der Waals surface area contributed by atoms with Gasteiger partial charge in [0.25, 0.3) is 0 Å². The first-order valence-corrected chi connectivity index (χ1v) is 8.46. The van der Waals surface area contributed by atoms with E-state index in [0.29, 0.717) is 17.1 Å². The highest BCUT2D eigenvalue weighted by molar-refractivity contribution is 6.56. The van der Waals surface area contributed by atoms with Gasteiger partial charge in [0.2, 0.25) is 0 Å². The van der Waals surface area contributed by atoms with Crippen molar-refractivity contribution >= 4 is 30.4 Å². The number of halogens is 2. The highest BCUT2D eigenvalue weighted by Crippen LogP contribution is 2.23. The lowest BCUT2D eigenvalue weighted by atomic mass is 10.0. The summed E-state index contributed by atoms with van der Waals surface area (Å²) in [4.78, 5) is 11.5. The molecule has 2 aromatic carbocycles. The predicted molar refractivity (Wildman–Crippen MR) is 108 cm³/mol. The third-order valence-corrected chi connectivity index (χ3v) is 3.97. The fraction of sp³-hybridized carbons (Fsp3) is 0.100. The Morgan fingerprint density at radius 3 is 2.07 bits per heavy atom. The molecule has 1 aromatic heterocycles. The molecule has 0 radical (unpaired) electrons. The van der Waals surface area contributed by atoms with E-state index < -0.39 is 7.40 Å². The first-order chi connectivity index (χ1) is 13.1. The van der Waals surface area contributed by atoms with E-state index in [1.54, 1.807) is 66.9 Å². The lowest BCUT2D eigenvalue weighted by molar-refractivity contribution is 0.659. The molecule has 0 atom stereocenters. The summed E-state index contributed by atoms with van der Waals surface area (Å²) in [5.74, 6) is 0.506. The monoisotopic (exact) mass is 364 g/mol. The van der Waals surface area contributed by atoms with Crippen molar-refractivity contribution in [1.82, 2.24) is 4.98 Å². The second-order valence-electron chi connectivity index (χ2n) is 6.05. The van der Waals surface area contributed by atoms with Gasteiger partial charge < -0.3 is 9.71 Å². The van der Waals surface area contributed by atoms with E-state index in [9.17, 15) is 8.63 Å². The molecule has 3 aromatic rings. The molecule has 3 rings (SSSR count). The molecule has 27 heavy (non-hydrogen) atoms. The van der Waals surface area contributed by atoms with Crippen molar-refractivity contribution in [3.63, 3.8) is 0 Å². The van der Waals surface area contributed by atoms with Crippen LogP contribution in [0.4, 0.5) is 25.8 Å². The highest BCUT2D eigenvalue weighted by Gasteiger charge is 2.31. The maximum atomic E-state index is 14.0. The van der Waals surface area contributed by atoms with E-state index in [1.165, 1.54) is 0 Å². The number of anilines is 2. The van der Waals surface area contributed by atoms with Crippen LogP contribution in [0, 0.1) is 0 Å². The number of hydrogen-bond acceptors (Lipinski definition) is 3. The fourth-order valence-electron chi connectivity index (χ4n) is 2.61. The quantitative estimate of drug-likeness (QED) is 0.375. The Kier molecular flexibility index (Phi) is 5.81. The van der Waals surface area contributed by atoms with Gasteiger partial charge in [-0.3, -0.25) is 8.63 Å². The van der Waals surface area contributed by atoms with Crippen molar-refractivity contribution in [1.29, 1.82) is 0 Å². The average molecular weight is 364 g/mol. The van der Waals surface area contributed by atoms with Crippen molar-refractivity contribution < 1.29 is 8.63 Å². The first kappa shape index (κ1) is 18.6. The number of hydrogen-bond donors (Lipinski definition) is 0. The van der Waals surface area contributed by atoms with Crippen molar-refractivity contribution in [2.24, 2.45) is 4.99 Å². The Morgan fingerprint density at radius 2 is 1.52 bits per heavy atom. The van der Waals surface area contributed by atoms with Crippen LogP contribution in [0.25, 0.3) is 0 Å². The van der Waals surface area contributed by atoms with Crippen LogP contribution >= 0.6 is 0 Å². The zero-order valence-corrected chi connectivity index (χ0v) is 15.1. The Morgan fingerprint density at radius 1 is 0.852 bits per heavy atom. The second kappa shape index (κ2) is 8.44. The Hall–Kier alpha value is -3.22. The zero-order chi connectivity index (χ0) is 19.2. The summed E-state index contributed by atoms with van der Waals surface area (Å²) >= 11 is 0. The van der Waals surface area contributed by atoms with Gasteiger partial charge in [0.1, 0.15) is 5.84 Å². The Balaban J connectivity index is 2.13. The van der Waals surface area contributed by atoms with Crippen LogP contribution in [-0.2, 0) is 0 Å². The maximum Gasteiger partial charge on any atom is 0.679 e. The molecule has 0 aliphatic heterocycles. The summed E-state index contributed by atoms with van der Waals surface area (Å²) in [5, 5.41) is 0. The van der Waals surface area contributed by atoms with Gasteiger partial charge in [0.15, 0.2) is 5.82 Å². The molecule has 0 amide bonds. The number of amidine groups is 1. The van der Waals surface area contributed by atoms with Crippen molar-refractivity contribution in [2.75, 3.05) is 23.8 Å².